The van der Waals surface area contributed by atoms with Crippen molar-refractivity contribution in [3.63, 3.8) is 0 Å². The quantitative estimate of drug-likeness (QED) is 0.424. The molecule has 7 nitrogen and oxygen atoms in total. The Morgan fingerprint density at radius 1 is 0.647 bits per heavy atom. The smallest absolute Gasteiger partial charge is 0.338 e. The molecule has 0 spiro atoms. The predicted octanol–water partition coefficient (Wildman–Crippen LogP) is 3.68. The van der Waals surface area contributed by atoms with E-state index in [2.05, 4.69) is 0 Å². The van der Waals surface area contributed by atoms with Crippen LogP contribution in [0, 0.1) is 5.92 Å². The van der Waals surface area contributed by atoms with Crippen LogP contribution in [0.4, 0.5) is 0 Å². The minimum absolute atomic E-state index is 0.114. The van der Waals surface area contributed by atoms with Gasteiger partial charge in [0.2, 0.25) is 0 Å². The van der Waals surface area contributed by atoms with Gasteiger partial charge >= 0.3 is 17.9 Å². The van der Waals surface area contributed by atoms with Gasteiger partial charge in [0.25, 0.3) is 0 Å². The zero-order chi connectivity index (χ0) is 23.9. The Kier molecular flexibility index (Phi) is 7.34. The van der Waals surface area contributed by atoms with Crippen LogP contribution < -0.4 is 0 Å². The number of aliphatic hydroxyl groups excluding tert-OH is 1. The number of rotatable bonds is 7. The van der Waals surface area contributed by atoms with Crippen molar-refractivity contribution in [3.8, 4) is 0 Å². The average molecular weight is 460 g/mol. The number of hydrogen-bond donors (Lipinski definition) is 1. The van der Waals surface area contributed by atoms with Gasteiger partial charge in [-0.3, -0.25) is 0 Å². The van der Waals surface area contributed by atoms with Gasteiger partial charge in [-0.1, -0.05) is 54.6 Å². The van der Waals surface area contributed by atoms with Crippen molar-refractivity contribution in [2.45, 2.75) is 24.7 Å². The monoisotopic (exact) mass is 460 g/mol. The van der Waals surface area contributed by atoms with Crippen molar-refractivity contribution >= 4 is 17.9 Å². The second-order valence-electron chi connectivity index (χ2n) is 8.00. The van der Waals surface area contributed by atoms with Crippen LogP contribution in [-0.2, 0) is 14.2 Å². The highest BCUT2D eigenvalue weighted by atomic mass is 16.6. The van der Waals surface area contributed by atoms with Crippen molar-refractivity contribution in [3.05, 3.63) is 108 Å². The maximum Gasteiger partial charge on any atom is 0.338 e. The highest BCUT2D eigenvalue weighted by Gasteiger charge is 2.48. The number of hydrogen-bond acceptors (Lipinski definition) is 7. The van der Waals surface area contributed by atoms with Gasteiger partial charge in [-0.05, 0) is 42.8 Å². The van der Waals surface area contributed by atoms with Crippen molar-refractivity contribution in [2.24, 2.45) is 5.92 Å². The fraction of sp³-hybridized carbons (Fsp3) is 0.222. The lowest BCUT2D eigenvalue weighted by molar-refractivity contribution is -0.0636. The third kappa shape index (κ3) is 5.50. The Labute approximate surface area is 196 Å². The number of benzene rings is 3. The topological polar surface area (TPSA) is 99.1 Å². The van der Waals surface area contributed by atoms with Crippen molar-refractivity contribution in [2.75, 3.05) is 6.61 Å². The van der Waals surface area contributed by atoms with Gasteiger partial charge in [0.1, 0.15) is 6.10 Å². The molecule has 4 unspecified atom stereocenters. The van der Waals surface area contributed by atoms with E-state index in [9.17, 15) is 19.5 Å². The molecule has 1 aliphatic carbocycles. The highest BCUT2D eigenvalue weighted by Crippen LogP contribution is 2.33. The third-order valence-corrected chi connectivity index (χ3v) is 5.66. The molecule has 0 aliphatic heterocycles. The second kappa shape index (κ2) is 10.8. The molecule has 1 saturated carbocycles. The first-order valence-corrected chi connectivity index (χ1v) is 10.9. The Morgan fingerprint density at radius 3 is 1.53 bits per heavy atom. The zero-order valence-electron chi connectivity index (χ0n) is 18.3. The normalized spacial score (nSPS) is 21.4. The zero-order valence-corrected chi connectivity index (χ0v) is 18.3. The van der Waals surface area contributed by atoms with E-state index in [1.165, 1.54) is 0 Å². The first-order chi connectivity index (χ1) is 16.5. The van der Waals surface area contributed by atoms with Gasteiger partial charge in [0.15, 0.2) is 6.10 Å². The van der Waals surface area contributed by atoms with E-state index >= 15 is 0 Å². The fourth-order valence-electron chi connectivity index (χ4n) is 3.91. The lowest BCUT2D eigenvalue weighted by Gasteiger charge is -2.25. The molecule has 3 aromatic carbocycles. The summed E-state index contributed by atoms with van der Waals surface area (Å²) >= 11 is 0. The Hall–Kier alpha value is -3.97. The molecule has 1 aliphatic rings. The summed E-state index contributed by atoms with van der Waals surface area (Å²) in [5.41, 5.74) is 1.00. The minimum atomic E-state index is -1.11. The van der Waals surface area contributed by atoms with Gasteiger partial charge in [0, 0.05) is 5.92 Å². The average Bonchev–Trinajstić information content (AvgIpc) is 3.17. The number of carbonyl (C=O) groups excluding carboxylic acids is 3. The second-order valence-corrected chi connectivity index (χ2v) is 8.00. The molecule has 0 heterocycles. The lowest BCUT2D eigenvalue weighted by atomic mass is 10.1. The molecular weight excluding hydrogens is 436 g/mol. The molecule has 0 bridgehead atoms. The molecule has 0 aromatic heterocycles. The first kappa shape index (κ1) is 23.2. The van der Waals surface area contributed by atoms with Gasteiger partial charge in [-0.15, -0.1) is 0 Å². The summed E-state index contributed by atoms with van der Waals surface area (Å²) in [5, 5.41) is 10.7. The number of carbonyl (C=O) groups is 3. The van der Waals surface area contributed by atoms with E-state index in [1.807, 2.05) is 0 Å². The van der Waals surface area contributed by atoms with Crippen LogP contribution in [0.3, 0.4) is 0 Å². The summed E-state index contributed by atoms with van der Waals surface area (Å²) in [6, 6.07) is 25.2. The van der Waals surface area contributed by atoms with Crippen LogP contribution in [0.1, 0.15) is 37.5 Å². The summed E-state index contributed by atoms with van der Waals surface area (Å²) < 4.78 is 16.7. The van der Waals surface area contributed by atoms with E-state index in [-0.39, 0.29) is 13.0 Å². The number of ether oxygens (including phenoxy) is 3. The summed E-state index contributed by atoms with van der Waals surface area (Å²) in [5.74, 6) is -2.37. The molecule has 4 rings (SSSR count). The molecule has 174 valence electrons. The molecule has 1 fully saturated rings. The number of aliphatic hydroxyl groups is 1. The maximum absolute atomic E-state index is 12.8. The first-order valence-electron chi connectivity index (χ1n) is 10.9. The predicted molar refractivity (Wildman–Crippen MR) is 122 cm³/mol. The molecule has 34 heavy (non-hydrogen) atoms. The third-order valence-electron chi connectivity index (χ3n) is 5.66. The van der Waals surface area contributed by atoms with Crippen LogP contribution in [0.25, 0.3) is 0 Å². The van der Waals surface area contributed by atoms with E-state index in [1.54, 1.807) is 91.0 Å². The van der Waals surface area contributed by atoms with E-state index in [0.717, 1.165) is 0 Å². The summed E-state index contributed by atoms with van der Waals surface area (Å²) in [4.78, 5) is 37.8. The Bertz CT molecular complexity index is 1120. The van der Waals surface area contributed by atoms with Crippen LogP contribution >= 0.6 is 0 Å². The van der Waals surface area contributed by atoms with Crippen molar-refractivity contribution in [1.29, 1.82) is 0 Å². The highest BCUT2D eigenvalue weighted by molar-refractivity contribution is 5.90. The summed E-state index contributed by atoms with van der Waals surface area (Å²) in [6.07, 6.45) is -3.08. The van der Waals surface area contributed by atoms with Crippen LogP contribution in [0.15, 0.2) is 91.0 Å². The standard InChI is InChI=1S/C27H24O7/c28-22-16-21(17-32-25(29)18-10-4-1-5-11-18)23(33-26(30)19-12-6-2-7-13-19)24(22)34-27(31)20-14-8-3-9-15-20/h1-15,21-24,28H,16-17H2. The number of esters is 3. The van der Waals surface area contributed by atoms with Crippen molar-refractivity contribution in [1.82, 2.24) is 0 Å². The van der Waals surface area contributed by atoms with Crippen molar-refractivity contribution < 1.29 is 33.7 Å². The summed E-state index contributed by atoms with van der Waals surface area (Å²) in [7, 11) is 0. The Morgan fingerprint density at radius 2 is 1.06 bits per heavy atom. The summed E-state index contributed by atoms with van der Waals surface area (Å²) in [6.45, 7) is -0.114. The minimum Gasteiger partial charge on any atom is -0.462 e. The Balaban J connectivity index is 1.51. The largest absolute Gasteiger partial charge is 0.462 e. The van der Waals surface area contributed by atoms with E-state index in [0.29, 0.717) is 16.7 Å². The molecular formula is C27H24O7. The van der Waals surface area contributed by atoms with E-state index < -0.39 is 42.1 Å². The molecule has 4 atom stereocenters. The van der Waals surface area contributed by atoms with Crippen LogP contribution in [0.5, 0.6) is 0 Å². The maximum atomic E-state index is 12.8. The lowest BCUT2D eigenvalue weighted by Crippen LogP contribution is -2.40. The molecule has 1 N–H and O–H groups in total. The van der Waals surface area contributed by atoms with Crippen LogP contribution in [-0.4, -0.2) is 47.9 Å². The molecule has 0 radical (unpaired) electrons. The van der Waals surface area contributed by atoms with Gasteiger partial charge in [-0.25, -0.2) is 14.4 Å². The van der Waals surface area contributed by atoms with Gasteiger partial charge in [-0.2, -0.15) is 0 Å². The molecule has 0 saturated heterocycles. The molecule has 7 heteroatoms. The fourth-order valence-corrected chi connectivity index (χ4v) is 3.91. The van der Waals surface area contributed by atoms with E-state index in [4.69, 9.17) is 14.2 Å². The SMILES string of the molecule is O=C(OCC1CC(O)C(OC(=O)c2ccccc2)C1OC(=O)c1ccccc1)c1ccccc1. The molecule has 3 aromatic rings. The van der Waals surface area contributed by atoms with Gasteiger partial charge < -0.3 is 19.3 Å². The van der Waals surface area contributed by atoms with Gasteiger partial charge in [0.05, 0.1) is 29.4 Å². The molecule has 0 amide bonds. The van der Waals surface area contributed by atoms with Crippen LogP contribution in [0.2, 0.25) is 0 Å².